The van der Waals surface area contributed by atoms with Crippen LogP contribution in [-0.4, -0.2) is 22.8 Å². The van der Waals surface area contributed by atoms with Gasteiger partial charge in [-0.3, -0.25) is 9.59 Å². The molecule has 0 aliphatic heterocycles. The normalized spacial score (nSPS) is 12.0. The number of benzene rings is 2. The number of H-pyrrole nitrogens is 1. The first-order valence-corrected chi connectivity index (χ1v) is 7.35. The summed E-state index contributed by atoms with van der Waals surface area (Å²) in [6.07, 6.45) is 0.363. The Kier molecular flexibility index (Phi) is 4.10. The molecule has 0 fully saturated rings. The molecule has 1 heterocycles. The molecule has 2 aromatic carbocycles. The van der Waals surface area contributed by atoms with Gasteiger partial charge in [-0.05, 0) is 17.7 Å². The molecule has 1 atom stereocenters. The van der Waals surface area contributed by atoms with Crippen LogP contribution in [0.1, 0.15) is 16.1 Å². The van der Waals surface area contributed by atoms with Gasteiger partial charge < -0.3 is 16.0 Å². The predicted molar refractivity (Wildman–Crippen MR) is 88.9 cm³/mol. The Labute approximate surface area is 133 Å². The number of primary amides is 1. The molecule has 116 valence electrons. The molecule has 5 nitrogen and oxygen atoms in total. The average Bonchev–Trinajstić information content (AvgIpc) is 2.99. The Balaban J connectivity index is 1.76. The first kappa shape index (κ1) is 14.8. The Hall–Kier alpha value is -3.08. The Bertz CT molecular complexity index is 807. The van der Waals surface area contributed by atoms with Crippen LogP contribution in [0.25, 0.3) is 10.9 Å². The Morgan fingerprint density at radius 1 is 1.04 bits per heavy atom. The summed E-state index contributed by atoms with van der Waals surface area (Å²) in [6.45, 7) is 0. The number of hydrogen-bond donors (Lipinski definition) is 3. The van der Waals surface area contributed by atoms with Crippen LogP contribution in [0.5, 0.6) is 0 Å². The molecular formula is C18H17N3O2. The molecule has 0 aliphatic rings. The lowest BCUT2D eigenvalue weighted by Crippen LogP contribution is -2.45. The third-order valence-corrected chi connectivity index (χ3v) is 3.71. The van der Waals surface area contributed by atoms with Crippen LogP contribution in [0, 0.1) is 0 Å². The molecule has 0 spiro atoms. The molecule has 0 bridgehead atoms. The topological polar surface area (TPSA) is 88.0 Å². The fourth-order valence-corrected chi connectivity index (χ4v) is 2.50. The lowest BCUT2D eigenvalue weighted by atomic mass is 10.1. The van der Waals surface area contributed by atoms with E-state index in [4.69, 9.17) is 5.73 Å². The van der Waals surface area contributed by atoms with E-state index in [1.165, 1.54) is 0 Å². The van der Waals surface area contributed by atoms with E-state index in [9.17, 15) is 9.59 Å². The fraction of sp³-hybridized carbons (Fsp3) is 0.111. The van der Waals surface area contributed by atoms with Crippen molar-refractivity contribution in [3.8, 4) is 0 Å². The molecule has 23 heavy (non-hydrogen) atoms. The molecule has 0 radical (unpaired) electrons. The minimum Gasteiger partial charge on any atom is -0.368 e. The number of nitrogens with two attached hydrogens (primary N) is 1. The Morgan fingerprint density at radius 2 is 1.74 bits per heavy atom. The second kappa shape index (κ2) is 6.36. The van der Waals surface area contributed by atoms with Gasteiger partial charge in [0.25, 0.3) is 5.91 Å². The summed E-state index contributed by atoms with van der Waals surface area (Å²) in [7, 11) is 0. The van der Waals surface area contributed by atoms with Crippen molar-refractivity contribution in [2.45, 2.75) is 12.5 Å². The van der Waals surface area contributed by atoms with E-state index in [0.29, 0.717) is 12.1 Å². The van der Waals surface area contributed by atoms with E-state index in [-0.39, 0.29) is 5.91 Å². The molecule has 2 amide bonds. The lowest BCUT2D eigenvalue weighted by Gasteiger charge is -2.15. The third-order valence-electron chi connectivity index (χ3n) is 3.71. The second-order valence-corrected chi connectivity index (χ2v) is 5.39. The van der Waals surface area contributed by atoms with Crippen molar-refractivity contribution in [3.63, 3.8) is 0 Å². The number of rotatable bonds is 5. The molecule has 0 unspecified atom stereocenters. The molecule has 1 aromatic heterocycles. The molecular weight excluding hydrogens is 290 g/mol. The minimum atomic E-state index is -0.753. The summed E-state index contributed by atoms with van der Waals surface area (Å²) in [5.41, 5.74) is 7.64. The maximum Gasteiger partial charge on any atom is 0.268 e. The summed E-state index contributed by atoms with van der Waals surface area (Å²) in [6, 6.07) is 18.0. The van der Waals surface area contributed by atoms with E-state index in [1.54, 1.807) is 6.07 Å². The monoisotopic (exact) mass is 307 g/mol. The summed E-state index contributed by atoms with van der Waals surface area (Å²) < 4.78 is 0. The lowest BCUT2D eigenvalue weighted by molar-refractivity contribution is -0.119. The Morgan fingerprint density at radius 3 is 2.43 bits per heavy atom. The summed E-state index contributed by atoms with van der Waals surface area (Å²) in [5, 5.41) is 3.64. The van der Waals surface area contributed by atoms with Gasteiger partial charge >= 0.3 is 0 Å². The smallest absolute Gasteiger partial charge is 0.268 e. The molecule has 3 rings (SSSR count). The van der Waals surface area contributed by atoms with Crippen molar-refractivity contribution in [1.29, 1.82) is 0 Å². The third kappa shape index (κ3) is 3.40. The highest BCUT2D eigenvalue weighted by molar-refractivity contribution is 6.00. The van der Waals surface area contributed by atoms with Gasteiger partial charge in [-0.15, -0.1) is 0 Å². The number of carbonyl (C=O) groups excluding carboxylic acids is 2. The number of aromatic nitrogens is 1. The van der Waals surface area contributed by atoms with Crippen molar-refractivity contribution in [2.75, 3.05) is 0 Å². The van der Waals surface area contributed by atoms with Crippen LogP contribution in [0.3, 0.4) is 0 Å². The van der Waals surface area contributed by atoms with Gasteiger partial charge in [0, 0.05) is 17.3 Å². The van der Waals surface area contributed by atoms with Gasteiger partial charge in [-0.1, -0.05) is 48.5 Å². The van der Waals surface area contributed by atoms with Gasteiger partial charge in [-0.2, -0.15) is 0 Å². The van der Waals surface area contributed by atoms with Crippen molar-refractivity contribution >= 4 is 22.7 Å². The van der Waals surface area contributed by atoms with Crippen molar-refractivity contribution < 1.29 is 9.59 Å². The molecule has 0 aliphatic carbocycles. The van der Waals surface area contributed by atoms with Crippen LogP contribution in [0.4, 0.5) is 0 Å². The van der Waals surface area contributed by atoms with Gasteiger partial charge in [0.1, 0.15) is 11.7 Å². The number of hydrogen-bond acceptors (Lipinski definition) is 2. The highest BCUT2D eigenvalue weighted by Gasteiger charge is 2.20. The maximum atomic E-state index is 12.4. The zero-order chi connectivity index (χ0) is 16.2. The van der Waals surface area contributed by atoms with Gasteiger partial charge in [0.05, 0.1) is 0 Å². The standard InChI is InChI=1S/C18H17N3O2/c19-17(22)15(10-12-6-2-1-3-7-12)21-18(23)16-11-13-8-4-5-9-14(13)20-16/h1-9,11,15,20H,10H2,(H2,19,22)(H,21,23)/t15-/m0/s1. The maximum absolute atomic E-state index is 12.4. The second-order valence-electron chi connectivity index (χ2n) is 5.39. The summed E-state index contributed by atoms with van der Waals surface area (Å²) in [4.78, 5) is 27.0. The van der Waals surface area contributed by atoms with Crippen LogP contribution in [-0.2, 0) is 11.2 Å². The zero-order valence-corrected chi connectivity index (χ0v) is 12.5. The van der Waals surface area contributed by atoms with E-state index in [1.807, 2.05) is 54.6 Å². The highest BCUT2D eigenvalue weighted by atomic mass is 16.2. The quantitative estimate of drug-likeness (QED) is 0.673. The number of amides is 2. The first-order chi connectivity index (χ1) is 11.1. The van der Waals surface area contributed by atoms with Crippen molar-refractivity contribution in [3.05, 3.63) is 71.9 Å². The minimum absolute atomic E-state index is 0.346. The average molecular weight is 307 g/mol. The van der Waals surface area contributed by atoms with E-state index >= 15 is 0 Å². The van der Waals surface area contributed by atoms with Gasteiger partial charge in [0.15, 0.2) is 0 Å². The number of aromatic amines is 1. The predicted octanol–water partition coefficient (Wildman–Crippen LogP) is 1.99. The summed E-state index contributed by atoms with van der Waals surface area (Å²) >= 11 is 0. The fourth-order valence-electron chi connectivity index (χ4n) is 2.50. The largest absolute Gasteiger partial charge is 0.368 e. The van der Waals surface area contributed by atoms with E-state index in [0.717, 1.165) is 16.5 Å². The van der Waals surface area contributed by atoms with Gasteiger partial charge in [-0.25, -0.2) is 0 Å². The van der Waals surface area contributed by atoms with Crippen molar-refractivity contribution in [2.24, 2.45) is 5.73 Å². The number of carbonyl (C=O) groups is 2. The van der Waals surface area contributed by atoms with Crippen LogP contribution in [0.15, 0.2) is 60.7 Å². The van der Waals surface area contributed by atoms with Crippen LogP contribution >= 0.6 is 0 Å². The van der Waals surface area contributed by atoms with E-state index in [2.05, 4.69) is 10.3 Å². The number of fused-ring (bicyclic) bond motifs is 1. The number of nitrogens with one attached hydrogen (secondary N) is 2. The molecule has 4 N–H and O–H groups in total. The molecule has 3 aromatic rings. The highest BCUT2D eigenvalue weighted by Crippen LogP contribution is 2.14. The molecule has 0 saturated heterocycles. The SMILES string of the molecule is NC(=O)[C@H](Cc1ccccc1)NC(=O)c1cc2ccccc2[nH]1. The number of para-hydroxylation sites is 1. The van der Waals surface area contributed by atoms with Gasteiger partial charge in [0.2, 0.25) is 5.91 Å². The van der Waals surface area contributed by atoms with Crippen LogP contribution < -0.4 is 11.1 Å². The molecule has 0 saturated carbocycles. The summed E-state index contributed by atoms with van der Waals surface area (Å²) in [5.74, 6) is -0.903. The van der Waals surface area contributed by atoms with Crippen molar-refractivity contribution in [1.82, 2.24) is 10.3 Å². The molecule has 5 heteroatoms. The van der Waals surface area contributed by atoms with E-state index < -0.39 is 11.9 Å². The zero-order valence-electron chi connectivity index (χ0n) is 12.5. The first-order valence-electron chi connectivity index (χ1n) is 7.35. The van der Waals surface area contributed by atoms with Crippen LogP contribution in [0.2, 0.25) is 0 Å².